The predicted molar refractivity (Wildman–Crippen MR) is 98.7 cm³/mol. The van der Waals surface area contributed by atoms with Gasteiger partial charge in [-0.1, -0.05) is 30.0 Å². The van der Waals surface area contributed by atoms with Crippen molar-refractivity contribution in [2.75, 3.05) is 5.75 Å². The Bertz CT molecular complexity index is 975. The molecule has 3 amide bonds. The number of carbonyl (C=O) groups excluding carboxylic acids is 2. The molecule has 26 heavy (non-hydrogen) atoms. The van der Waals surface area contributed by atoms with Crippen LogP contribution in [0.3, 0.4) is 0 Å². The largest absolute Gasteiger partial charge is 0.360 e. The number of thioether (sulfide) groups is 1. The fourth-order valence-electron chi connectivity index (χ4n) is 2.91. The summed E-state index contributed by atoms with van der Waals surface area (Å²) in [6.07, 6.45) is 4.35. The van der Waals surface area contributed by atoms with E-state index in [0.717, 1.165) is 40.3 Å². The lowest BCUT2D eigenvalue weighted by Gasteiger charge is -2.08. The van der Waals surface area contributed by atoms with Crippen molar-refractivity contribution in [2.24, 2.45) is 5.73 Å². The number of carbonyl (C=O) groups is 2. The van der Waals surface area contributed by atoms with E-state index in [1.165, 1.54) is 11.8 Å². The fraction of sp³-hybridized carbons (Fsp3) is 0.294. The van der Waals surface area contributed by atoms with Crippen molar-refractivity contribution in [3.05, 3.63) is 30.5 Å². The van der Waals surface area contributed by atoms with Crippen molar-refractivity contribution in [2.45, 2.75) is 30.5 Å². The zero-order chi connectivity index (χ0) is 18.1. The average Bonchev–Trinajstić information content (AvgIpc) is 3.22. The average molecular weight is 370 g/mol. The number of urea groups is 1. The molecule has 2 heterocycles. The third-order valence-electron chi connectivity index (χ3n) is 4.23. The quantitative estimate of drug-likeness (QED) is 0.576. The molecule has 2 aromatic heterocycles. The standard InChI is InChI=1S/C17H18N6O2S/c18-16(25)20-14(24)7-8-26-17-22-21-15(23(17)10-5-6-10)12-9-19-13-4-2-1-3-11(12)13/h1-4,9-10,19H,5-8H2,(H3,18,20,24,25). The number of aromatic amines is 1. The molecule has 1 aromatic carbocycles. The molecule has 0 unspecified atom stereocenters. The number of benzene rings is 1. The van der Waals surface area contributed by atoms with Crippen molar-refractivity contribution < 1.29 is 9.59 Å². The number of fused-ring (bicyclic) bond motifs is 1. The lowest BCUT2D eigenvalue weighted by atomic mass is 10.1. The Morgan fingerprint density at radius 2 is 2.12 bits per heavy atom. The number of aromatic nitrogens is 4. The summed E-state index contributed by atoms with van der Waals surface area (Å²) in [6.45, 7) is 0. The highest BCUT2D eigenvalue weighted by atomic mass is 32.2. The molecule has 4 rings (SSSR count). The summed E-state index contributed by atoms with van der Waals surface area (Å²) in [5, 5.41) is 12.7. The third-order valence-corrected chi connectivity index (χ3v) is 5.17. The van der Waals surface area contributed by atoms with Gasteiger partial charge in [0.05, 0.1) is 0 Å². The van der Waals surface area contributed by atoms with Gasteiger partial charge in [-0.05, 0) is 18.9 Å². The lowest BCUT2D eigenvalue weighted by Crippen LogP contribution is -2.35. The maximum absolute atomic E-state index is 11.5. The summed E-state index contributed by atoms with van der Waals surface area (Å²) < 4.78 is 2.16. The molecular formula is C17H18N6O2S. The van der Waals surface area contributed by atoms with Crippen LogP contribution < -0.4 is 11.1 Å². The van der Waals surface area contributed by atoms with Crippen LogP contribution in [0.1, 0.15) is 25.3 Å². The Kier molecular flexibility index (Phi) is 4.37. The topological polar surface area (TPSA) is 119 Å². The minimum Gasteiger partial charge on any atom is -0.360 e. The molecule has 0 aliphatic heterocycles. The van der Waals surface area contributed by atoms with Gasteiger partial charge >= 0.3 is 6.03 Å². The number of nitrogens with zero attached hydrogens (tertiary/aromatic N) is 3. The number of nitrogens with two attached hydrogens (primary N) is 1. The van der Waals surface area contributed by atoms with E-state index in [-0.39, 0.29) is 12.3 Å². The molecule has 1 fully saturated rings. The van der Waals surface area contributed by atoms with Crippen molar-refractivity contribution in [3.63, 3.8) is 0 Å². The van der Waals surface area contributed by atoms with E-state index >= 15 is 0 Å². The molecule has 0 saturated heterocycles. The predicted octanol–water partition coefficient (Wildman–Crippen LogP) is 2.44. The minimum absolute atomic E-state index is 0.188. The van der Waals surface area contributed by atoms with Gasteiger partial charge in [0.15, 0.2) is 11.0 Å². The number of hydrogen-bond donors (Lipinski definition) is 3. The van der Waals surface area contributed by atoms with Crippen LogP contribution in [0.25, 0.3) is 22.3 Å². The van der Waals surface area contributed by atoms with E-state index in [4.69, 9.17) is 5.73 Å². The normalized spacial score (nSPS) is 13.8. The van der Waals surface area contributed by atoms with Gasteiger partial charge in [-0.2, -0.15) is 0 Å². The van der Waals surface area contributed by atoms with E-state index in [2.05, 4.69) is 31.1 Å². The van der Waals surface area contributed by atoms with Crippen molar-refractivity contribution >= 4 is 34.6 Å². The fourth-order valence-corrected chi connectivity index (χ4v) is 3.86. The van der Waals surface area contributed by atoms with Gasteiger partial charge in [-0.25, -0.2) is 4.79 Å². The SMILES string of the molecule is NC(=O)NC(=O)CCSc1nnc(-c2c[nH]c3ccccc23)n1C1CC1. The van der Waals surface area contributed by atoms with Crippen LogP contribution >= 0.6 is 11.8 Å². The highest BCUT2D eigenvalue weighted by Gasteiger charge is 2.30. The number of nitrogens with one attached hydrogen (secondary N) is 2. The molecule has 9 heteroatoms. The van der Waals surface area contributed by atoms with Gasteiger partial charge < -0.3 is 10.7 Å². The first-order chi connectivity index (χ1) is 12.6. The molecule has 1 saturated carbocycles. The van der Waals surface area contributed by atoms with Crippen LogP contribution in [0.15, 0.2) is 35.6 Å². The van der Waals surface area contributed by atoms with Crippen molar-refractivity contribution in [1.29, 1.82) is 0 Å². The zero-order valence-electron chi connectivity index (χ0n) is 13.9. The number of hydrogen-bond acceptors (Lipinski definition) is 5. The zero-order valence-corrected chi connectivity index (χ0v) is 14.8. The summed E-state index contributed by atoms with van der Waals surface area (Å²) in [6, 6.07) is 7.66. The number of imide groups is 1. The second kappa shape index (κ2) is 6.83. The Labute approximate surface area is 153 Å². The number of primary amides is 1. The first kappa shape index (κ1) is 16.6. The van der Waals surface area contributed by atoms with Crippen LogP contribution in [0.4, 0.5) is 4.79 Å². The van der Waals surface area contributed by atoms with Crippen LogP contribution in [-0.2, 0) is 4.79 Å². The molecule has 134 valence electrons. The molecular weight excluding hydrogens is 352 g/mol. The smallest absolute Gasteiger partial charge is 0.318 e. The minimum atomic E-state index is -0.831. The number of para-hydroxylation sites is 1. The van der Waals surface area contributed by atoms with Gasteiger partial charge in [0, 0.05) is 40.9 Å². The summed E-state index contributed by atoms with van der Waals surface area (Å²) in [5.41, 5.74) is 7.03. The maximum atomic E-state index is 11.5. The molecule has 3 aromatic rings. The summed E-state index contributed by atoms with van der Waals surface area (Å²) in [5.74, 6) is 0.950. The Morgan fingerprint density at radius 3 is 2.88 bits per heavy atom. The molecule has 0 bridgehead atoms. The molecule has 0 radical (unpaired) electrons. The highest BCUT2D eigenvalue weighted by molar-refractivity contribution is 7.99. The van der Waals surface area contributed by atoms with E-state index in [1.807, 2.05) is 24.4 Å². The Balaban J connectivity index is 1.56. The summed E-state index contributed by atoms with van der Waals surface area (Å²) >= 11 is 1.46. The molecule has 1 aliphatic carbocycles. The van der Waals surface area contributed by atoms with Gasteiger partial charge in [0.25, 0.3) is 0 Å². The van der Waals surface area contributed by atoms with E-state index in [0.29, 0.717) is 11.8 Å². The first-order valence-electron chi connectivity index (χ1n) is 8.37. The first-order valence-corrected chi connectivity index (χ1v) is 9.35. The Hall–Kier alpha value is -2.81. The molecule has 4 N–H and O–H groups in total. The van der Waals surface area contributed by atoms with E-state index < -0.39 is 6.03 Å². The monoisotopic (exact) mass is 370 g/mol. The van der Waals surface area contributed by atoms with Crippen LogP contribution in [0.5, 0.6) is 0 Å². The lowest BCUT2D eigenvalue weighted by molar-refractivity contribution is -0.119. The van der Waals surface area contributed by atoms with Gasteiger partial charge in [0.1, 0.15) is 0 Å². The number of H-pyrrole nitrogens is 1. The molecule has 1 aliphatic rings. The molecule has 0 spiro atoms. The summed E-state index contributed by atoms with van der Waals surface area (Å²) in [4.78, 5) is 25.5. The Morgan fingerprint density at radius 1 is 1.31 bits per heavy atom. The van der Waals surface area contributed by atoms with E-state index in [9.17, 15) is 9.59 Å². The second-order valence-electron chi connectivity index (χ2n) is 6.17. The third kappa shape index (κ3) is 3.30. The van der Waals surface area contributed by atoms with Gasteiger partial charge in [0.2, 0.25) is 5.91 Å². The second-order valence-corrected chi connectivity index (χ2v) is 7.23. The van der Waals surface area contributed by atoms with Crippen molar-refractivity contribution in [3.8, 4) is 11.4 Å². The molecule has 0 atom stereocenters. The van der Waals surface area contributed by atoms with Gasteiger partial charge in [-0.15, -0.1) is 10.2 Å². The van der Waals surface area contributed by atoms with Crippen LogP contribution in [0, 0.1) is 0 Å². The highest BCUT2D eigenvalue weighted by Crippen LogP contribution is 2.42. The number of amides is 3. The number of rotatable bonds is 6. The van der Waals surface area contributed by atoms with Gasteiger partial charge in [-0.3, -0.25) is 14.7 Å². The van der Waals surface area contributed by atoms with Crippen LogP contribution in [0.2, 0.25) is 0 Å². The van der Waals surface area contributed by atoms with Crippen LogP contribution in [-0.4, -0.2) is 37.4 Å². The van der Waals surface area contributed by atoms with Crippen molar-refractivity contribution in [1.82, 2.24) is 25.1 Å². The summed E-state index contributed by atoms with van der Waals surface area (Å²) in [7, 11) is 0. The maximum Gasteiger partial charge on any atom is 0.318 e. The van der Waals surface area contributed by atoms with E-state index in [1.54, 1.807) is 0 Å². The molecule has 8 nitrogen and oxygen atoms in total.